The number of aryl methyl sites for hydroxylation is 2. The second-order valence-corrected chi connectivity index (χ2v) is 4.10. The molecule has 0 aliphatic heterocycles. The van der Waals surface area contributed by atoms with Crippen molar-refractivity contribution in [2.75, 3.05) is 0 Å². The summed E-state index contributed by atoms with van der Waals surface area (Å²) >= 11 is 0. The lowest BCUT2D eigenvalue weighted by Gasteiger charge is -2.18. The predicted octanol–water partition coefficient (Wildman–Crippen LogP) is 1.69. The van der Waals surface area contributed by atoms with Crippen molar-refractivity contribution in [3.8, 4) is 0 Å². The summed E-state index contributed by atoms with van der Waals surface area (Å²) in [6, 6.07) is 4.21. The summed E-state index contributed by atoms with van der Waals surface area (Å²) in [5.74, 6) is 0. The lowest BCUT2D eigenvalue weighted by molar-refractivity contribution is 0.471. The maximum absolute atomic E-state index is 5.89. The van der Waals surface area contributed by atoms with E-state index in [-0.39, 0.29) is 5.54 Å². The average molecular weight is 166 g/mol. The summed E-state index contributed by atoms with van der Waals surface area (Å²) in [6.45, 7) is 4.13. The third-order valence-electron chi connectivity index (χ3n) is 2.08. The molecule has 0 fully saturated rings. The van der Waals surface area contributed by atoms with E-state index in [2.05, 4.69) is 43.8 Å². The van der Waals surface area contributed by atoms with Gasteiger partial charge >= 0.3 is 0 Å². The highest BCUT2D eigenvalue weighted by Crippen LogP contribution is 2.10. The third kappa shape index (κ3) is 2.70. The second kappa shape index (κ2) is 3.31. The molecular weight excluding hydrogens is 148 g/mol. The summed E-state index contributed by atoms with van der Waals surface area (Å²) in [6.07, 6.45) is 4.16. The number of hydrogen-bond donors (Lipinski definition) is 1. The van der Waals surface area contributed by atoms with Gasteiger partial charge < -0.3 is 10.3 Å². The number of nitrogens with zero attached hydrogens (tertiary/aromatic N) is 1. The number of hydrogen-bond acceptors (Lipinski definition) is 1. The molecule has 1 heterocycles. The Hall–Kier alpha value is -0.760. The average Bonchev–Trinajstić information content (AvgIpc) is 2.29. The highest BCUT2D eigenvalue weighted by Gasteiger charge is 2.10. The SMILES string of the molecule is Cn1cccc1CCC(C)(C)N. The minimum Gasteiger partial charge on any atom is -0.354 e. The fraction of sp³-hybridized carbons (Fsp3) is 0.600. The summed E-state index contributed by atoms with van der Waals surface area (Å²) in [4.78, 5) is 0. The summed E-state index contributed by atoms with van der Waals surface area (Å²) in [5.41, 5.74) is 7.20. The van der Waals surface area contributed by atoms with Crippen molar-refractivity contribution in [2.45, 2.75) is 32.2 Å². The molecule has 1 aromatic rings. The first-order valence-corrected chi connectivity index (χ1v) is 4.38. The van der Waals surface area contributed by atoms with Gasteiger partial charge in [0.05, 0.1) is 0 Å². The smallest absolute Gasteiger partial charge is 0.0172 e. The number of nitrogens with two attached hydrogens (primary N) is 1. The standard InChI is InChI=1S/C10H18N2/c1-10(2,11)7-6-9-5-4-8-12(9)3/h4-5,8H,6-7,11H2,1-3H3. The first kappa shape index (κ1) is 9.33. The van der Waals surface area contributed by atoms with Gasteiger partial charge in [0.1, 0.15) is 0 Å². The number of aromatic nitrogens is 1. The van der Waals surface area contributed by atoms with Crippen LogP contribution in [0.3, 0.4) is 0 Å². The van der Waals surface area contributed by atoms with Crippen LogP contribution in [0, 0.1) is 0 Å². The summed E-state index contributed by atoms with van der Waals surface area (Å²) in [7, 11) is 2.07. The van der Waals surface area contributed by atoms with Crippen LogP contribution >= 0.6 is 0 Å². The van der Waals surface area contributed by atoms with Gasteiger partial charge in [0, 0.05) is 24.5 Å². The Morgan fingerprint density at radius 2 is 2.17 bits per heavy atom. The Kier molecular flexibility index (Phi) is 2.58. The molecule has 0 saturated carbocycles. The maximum atomic E-state index is 5.89. The Bertz CT molecular complexity index is 243. The molecule has 2 N–H and O–H groups in total. The van der Waals surface area contributed by atoms with Gasteiger partial charge in [-0.25, -0.2) is 0 Å². The van der Waals surface area contributed by atoms with E-state index >= 15 is 0 Å². The molecule has 0 saturated heterocycles. The molecule has 0 aromatic carbocycles. The van der Waals surface area contributed by atoms with Crippen LogP contribution in [0.5, 0.6) is 0 Å². The Morgan fingerprint density at radius 1 is 1.50 bits per heavy atom. The maximum Gasteiger partial charge on any atom is 0.0172 e. The molecule has 0 amide bonds. The minimum absolute atomic E-state index is 0.0513. The van der Waals surface area contributed by atoms with Crippen LogP contribution in [0.1, 0.15) is 26.0 Å². The summed E-state index contributed by atoms with van der Waals surface area (Å²) in [5, 5.41) is 0. The van der Waals surface area contributed by atoms with Crippen LogP contribution in [0.25, 0.3) is 0 Å². The largest absolute Gasteiger partial charge is 0.354 e. The first-order valence-electron chi connectivity index (χ1n) is 4.38. The van der Waals surface area contributed by atoms with Gasteiger partial charge in [-0.3, -0.25) is 0 Å². The zero-order chi connectivity index (χ0) is 9.19. The van der Waals surface area contributed by atoms with Crippen molar-refractivity contribution < 1.29 is 0 Å². The van der Waals surface area contributed by atoms with Gasteiger partial charge in [0.2, 0.25) is 0 Å². The van der Waals surface area contributed by atoms with Crippen molar-refractivity contribution in [1.29, 1.82) is 0 Å². The molecule has 0 bridgehead atoms. The molecule has 68 valence electrons. The van der Waals surface area contributed by atoms with Gasteiger partial charge in [-0.15, -0.1) is 0 Å². The third-order valence-corrected chi connectivity index (χ3v) is 2.08. The van der Waals surface area contributed by atoms with E-state index in [1.54, 1.807) is 0 Å². The molecule has 2 nitrogen and oxygen atoms in total. The zero-order valence-electron chi connectivity index (χ0n) is 8.17. The molecule has 0 aliphatic rings. The van der Waals surface area contributed by atoms with Crippen LogP contribution in [0.4, 0.5) is 0 Å². The normalized spacial score (nSPS) is 12.0. The zero-order valence-corrected chi connectivity index (χ0v) is 8.17. The fourth-order valence-electron chi connectivity index (χ4n) is 1.21. The van der Waals surface area contributed by atoms with Crippen LogP contribution in [-0.4, -0.2) is 10.1 Å². The van der Waals surface area contributed by atoms with Gasteiger partial charge in [-0.05, 0) is 38.8 Å². The molecule has 0 atom stereocenters. The molecule has 1 rings (SSSR count). The Morgan fingerprint density at radius 3 is 2.58 bits per heavy atom. The first-order chi connectivity index (χ1) is 5.49. The van der Waals surface area contributed by atoms with E-state index in [4.69, 9.17) is 5.73 Å². The Balaban J connectivity index is 2.49. The molecule has 2 heteroatoms. The predicted molar refractivity (Wildman–Crippen MR) is 52.0 cm³/mol. The van der Waals surface area contributed by atoms with E-state index in [9.17, 15) is 0 Å². The quantitative estimate of drug-likeness (QED) is 0.728. The van der Waals surface area contributed by atoms with E-state index in [1.165, 1.54) is 5.69 Å². The van der Waals surface area contributed by atoms with E-state index in [0.717, 1.165) is 12.8 Å². The number of rotatable bonds is 3. The van der Waals surface area contributed by atoms with Crippen molar-refractivity contribution in [2.24, 2.45) is 12.8 Å². The van der Waals surface area contributed by atoms with E-state index < -0.39 is 0 Å². The van der Waals surface area contributed by atoms with Gasteiger partial charge in [0.25, 0.3) is 0 Å². The van der Waals surface area contributed by atoms with Crippen LogP contribution in [0.15, 0.2) is 18.3 Å². The van der Waals surface area contributed by atoms with Crippen LogP contribution in [0.2, 0.25) is 0 Å². The van der Waals surface area contributed by atoms with Crippen molar-refractivity contribution >= 4 is 0 Å². The van der Waals surface area contributed by atoms with Crippen LogP contribution in [-0.2, 0) is 13.5 Å². The second-order valence-electron chi connectivity index (χ2n) is 4.10. The fourth-order valence-corrected chi connectivity index (χ4v) is 1.21. The Labute approximate surface area is 74.4 Å². The molecule has 12 heavy (non-hydrogen) atoms. The monoisotopic (exact) mass is 166 g/mol. The van der Waals surface area contributed by atoms with Gasteiger partial charge in [-0.1, -0.05) is 0 Å². The van der Waals surface area contributed by atoms with Crippen molar-refractivity contribution in [3.63, 3.8) is 0 Å². The lowest BCUT2D eigenvalue weighted by atomic mass is 9.99. The molecule has 0 unspecified atom stereocenters. The molecular formula is C10H18N2. The highest BCUT2D eigenvalue weighted by atomic mass is 14.9. The van der Waals surface area contributed by atoms with Gasteiger partial charge in [0.15, 0.2) is 0 Å². The van der Waals surface area contributed by atoms with E-state index in [1.807, 2.05) is 0 Å². The summed E-state index contributed by atoms with van der Waals surface area (Å²) < 4.78 is 2.14. The molecule has 0 spiro atoms. The van der Waals surface area contributed by atoms with Crippen LogP contribution < -0.4 is 5.73 Å². The van der Waals surface area contributed by atoms with E-state index in [0.29, 0.717) is 0 Å². The van der Waals surface area contributed by atoms with Crippen molar-refractivity contribution in [3.05, 3.63) is 24.0 Å². The lowest BCUT2D eigenvalue weighted by Crippen LogP contribution is -2.32. The van der Waals surface area contributed by atoms with Gasteiger partial charge in [-0.2, -0.15) is 0 Å². The highest BCUT2D eigenvalue weighted by molar-refractivity contribution is 5.07. The molecule has 0 radical (unpaired) electrons. The van der Waals surface area contributed by atoms with Crippen molar-refractivity contribution in [1.82, 2.24) is 4.57 Å². The topological polar surface area (TPSA) is 30.9 Å². The molecule has 1 aromatic heterocycles. The molecule has 0 aliphatic carbocycles. The minimum atomic E-state index is -0.0513.